The molecule has 4 unspecified atom stereocenters. The highest BCUT2D eigenvalue weighted by atomic mass is 16.5. The first-order valence-electron chi connectivity index (χ1n) is 8.23. The molecule has 20 heavy (non-hydrogen) atoms. The van der Waals surface area contributed by atoms with Crippen molar-refractivity contribution in [1.82, 2.24) is 4.90 Å². The number of nitrogens with zero attached hydrogens (tertiary/aromatic N) is 1. The van der Waals surface area contributed by atoms with Gasteiger partial charge in [-0.05, 0) is 44.1 Å². The van der Waals surface area contributed by atoms with Crippen LogP contribution in [-0.2, 0) is 9.47 Å². The lowest BCUT2D eigenvalue weighted by atomic mass is 9.97. The fourth-order valence-corrected chi connectivity index (χ4v) is 3.44. The molecule has 4 nitrogen and oxygen atoms in total. The second kappa shape index (κ2) is 8.32. The molecular formula is C16H31NO3. The molecular weight excluding hydrogens is 254 g/mol. The van der Waals surface area contributed by atoms with Crippen LogP contribution in [0.25, 0.3) is 0 Å². The van der Waals surface area contributed by atoms with Gasteiger partial charge in [0.1, 0.15) is 0 Å². The van der Waals surface area contributed by atoms with Crippen molar-refractivity contribution in [3.63, 3.8) is 0 Å². The Bertz CT molecular complexity index is 268. The highest BCUT2D eigenvalue weighted by Crippen LogP contribution is 2.21. The Morgan fingerprint density at radius 1 is 1.30 bits per heavy atom. The largest absolute Gasteiger partial charge is 0.389 e. The second-order valence-corrected chi connectivity index (χ2v) is 6.82. The highest BCUT2D eigenvalue weighted by molar-refractivity contribution is 4.74. The number of hydrogen-bond acceptors (Lipinski definition) is 4. The quantitative estimate of drug-likeness (QED) is 0.809. The molecule has 2 heterocycles. The van der Waals surface area contributed by atoms with Crippen LogP contribution in [0.5, 0.6) is 0 Å². The Kier molecular flexibility index (Phi) is 6.75. The van der Waals surface area contributed by atoms with Gasteiger partial charge in [0, 0.05) is 19.7 Å². The molecule has 0 radical (unpaired) electrons. The number of β-amino-alcohol motifs (C(OH)–C–C–N with tert-alkyl or cyclic N) is 1. The minimum Gasteiger partial charge on any atom is -0.389 e. The van der Waals surface area contributed by atoms with Gasteiger partial charge >= 0.3 is 0 Å². The molecule has 0 aromatic carbocycles. The standard InChI is InChI=1S/C16H31NO3/c1-13-5-6-17(9-14(2)8-13)10-15(18)11-19-12-16-4-3-7-20-16/h13-16,18H,3-12H2,1-2H3. The van der Waals surface area contributed by atoms with Gasteiger partial charge in [-0.25, -0.2) is 0 Å². The zero-order chi connectivity index (χ0) is 14.4. The van der Waals surface area contributed by atoms with Crippen molar-refractivity contribution < 1.29 is 14.6 Å². The number of aliphatic hydroxyl groups excluding tert-OH is 1. The molecule has 2 aliphatic heterocycles. The van der Waals surface area contributed by atoms with E-state index < -0.39 is 0 Å². The smallest absolute Gasteiger partial charge is 0.0900 e. The minimum atomic E-state index is -0.378. The number of rotatable bonds is 6. The van der Waals surface area contributed by atoms with Crippen LogP contribution in [0.3, 0.4) is 0 Å². The summed E-state index contributed by atoms with van der Waals surface area (Å²) in [5, 5.41) is 10.1. The molecule has 4 atom stereocenters. The topological polar surface area (TPSA) is 41.9 Å². The zero-order valence-electron chi connectivity index (χ0n) is 13.1. The molecule has 0 aromatic heterocycles. The highest BCUT2D eigenvalue weighted by Gasteiger charge is 2.21. The van der Waals surface area contributed by atoms with E-state index in [0.29, 0.717) is 13.2 Å². The minimum absolute atomic E-state index is 0.251. The number of hydrogen-bond donors (Lipinski definition) is 1. The summed E-state index contributed by atoms with van der Waals surface area (Å²) in [6, 6.07) is 0. The Labute approximate surface area is 123 Å². The Balaban J connectivity index is 1.61. The molecule has 0 aliphatic carbocycles. The van der Waals surface area contributed by atoms with Crippen molar-refractivity contribution >= 4 is 0 Å². The average Bonchev–Trinajstić information content (AvgIpc) is 2.83. The summed E-state index contributed by atoms with van der Waals surface area (Å²) >= 11 is 0. The first-order chi connectivity index (χ1) is 9.63. The third-order valence-corrected chi connectivity index (χ3v) is 4.42. The molecule has 0 spiro atoms. The van der Waals surface area contributed by atoms with Gasteiger partial charge in [0.05, 0.1) is 25.4 Å². The van der Waals surface area contributed by atoms with E-state index in [9.17, 15) is 5.11 Å². The number of ether oxygens (including phenoxy) is 2. The van der Waals surface area contributed by atoms with Gasteiger partial charge in [0.15, 0.2) is 0 Å². The van der Waals surface area contributed by atoms with E-state index in [1.807, 2.05) is 0 Å². The van der Waals surface area contributed by atoms with Crippen LogP contribution in [-0.4, -0.2) is 61.7 Å². The normalized spacial score (nSPS) is 34.0. The Morgan fingerprint density at radius 2 is 2.15 bits per heavy atom. The predicted molar refractivity (Wildman–Crippen MR) is 79.8 cm³/mol. The van der Waals surface area contributed by atoms with Crippen LogP contribution in [0.4, 0.5) is 0 Å². The van der Waals surface area contributed by atoms with Crippen LogP contribution in [0.15, 0.2) is 0 Å². The summed E-state index contributed by atoms with van der Waals surface area (Å²) in [4.78, 5) is 2.40. The van der Waals surface area contributed by atoms with Crippen LogP contribution in [0, 0.1) is 11.8 Å². The van der Waals surface area contributed by atoms with E-state index in [1.165, 1.54) is 12.8 Å². The molecule has 0 amide bonds. The number of aliphatic hydroxyl groups is 1. The molecule has 2 aliphatic rings. The fourth-order valence-electron chi connectivity index (χ4n) is 3.44. The summed E-state index contributed by atoms with van der Waals surface area (Å²) < 4.78 is 11.1. The van der Waals surface area contributed by atoms with Crippen LogP contribution in [0.1, 0.15) is 39.5 Å². The van der Waals surface area contributed by atoms with E-state index in [-0.39, 0.29) is 12.2 Å². The maximum atomic E-state index is 10.1. The summed E-state index contributed by atoms with van der Waals surface area (Å²) in [6.45, 7) is 9.52. The predicted octanol–water partition coefficient (Wildman–Crippen LogP) is 1.91. The monoisotopic (exact) mass is 285 g/mol. The zero-order valence-corrected chi connectivity index (χ0v) is 13.1. The van der Waals surface area contributed by atoms with E-state index in [4.69, 9.17) is 9.47 Å². The van der Waals surface area contributed by atoms with Crippen molar-refractivity contribution in [2.75, 3.05) is 39.5 Å². The fraction of sp³-hybridized carbons (Fsp3) is 1.00. The summed E-state index contributed by atoms with van der Waals surface area (Å²) in [5.41, 5.74) is 0. The van der Waals surface area contributed by atoms with Crippen molar-refractivity contribution in [3.05, 3.63) is 0 Å². The van der Waals surface area contributed by atoms with Crippen LogP contribution in [0.2, 0.25) is 0 Å². The van der Waals surface area contributed by atoms with Crippen molar-refractivity contribution in [2.45, 2.75) is 51.7 Å². The molecule has 118 valence electrons. The van der Waals surface area contributed by atoms with Crippen molar-refractivity contribution in [2.24, 2.45) is 11.8 Å². The number of likely N-dealkylation sites (tertiary alicyclic amines) is 1. The third kappa shape index (κ3) is 5.68. The van der Waals surface area contributed by atoms with Gasteiger partial charge in [-0.1, -0.05) is 13.8 Å². The van der Waals surface area contributed by atoms with Gasteiger partial charge in [-0.2, -0.15) is 0 Å². The van der Waals surface area contributed by atoms with Crippen molar-refractivity contribution in [3.8, 4) is 0 Å². The van der Waals surface area contributed by atoms with Crippen molar-refractivity contribution in [1.29, 1.82) is 0 Å². The van der Waals surface area contributed by atoms with E-state index >= 15 is 0 Å². The van der Waals surface area contributed by atoms with E-state index in [2.05, 4.69) is 18.7 Å². The molecule has 0 aromatic rings. The van der Waals surface area contributed by atoms with Crippen LogP contribution >= 0.6 is 0 Å². The molecule has 2 fully saturated rings. The van der Waals surface area contributed by atoms with Gasteiger partial charge < -0.3 is 19.5 Å². The maximum absolute atomic E-state index is 10.1. The van der Waals surface area contributed by atoms with Gasteiger partial charge in [-0.3, -0.25) is 0 Å². The molecule has 2 rings (SSSR count). The third-order valence-electron chi connectivity index (χ3n) is 4.42. The van der Waals surface area contributed by atoms with E-state index in [1.54, 1.807) is 0 Å². The van der Waals surface area contributed by atoms with Gasteiger partial charge in [0.25, 0.3) is 0 Å². The van der Waals surface area contributed by atoms with E-state index in [0.717, 1.165) is 50.9 Å². The molecule has 0 bridgehead atoms. The SMILES string of the molecule is CC1CCN(CC(O)COCC2CCCO2)CC(C)C1. The van der Waals surface area contributed by atoms with Crippen LogP contribution < -0.4 is 0 Å². The first kappa shape index (κ1) is 16.2. The first-order valence-corrected chi connectivity index (χ1v) is 8.23. The molecule has 1 N–H and O–H groups in total. The lowest BCUT2D eigenvalue weighted by Crippen LogP contribution is -2.37. The molecule has 4 heteroatoms. The lowest BCUT2D eigenvalue weighted by Gasteiger charge is -2.25. The average molecular weight is 285 g/mol. The summed E-state index contributed by atoms with van der Waals surface area (Å²) in [5.74, 6) is 1.54. The molecule has 0 saturated carbocycles. The summed E-state index contributed by atoms with van der Waals surface area (Å²) in [6.07, 6.45) is 4.66. The Hall–Kier alpha value is -0.160. The summed E-state index contributed by atoms with van der Waals surface area (Å²) in [7, 11) is 0. The lowest BCUT2D eigenvalue weighted by molar-refractivity contribution is -0.0255. The second-order valence-electron chi connectivity index (χ2n) is 6.82. The van der Waals surface area contributed by atoms with Gasteiger partial charge in [0.2, 0.25) is 0 Å². The van der Waals surface area contributed by atoms with Gasteiger partial charge in [-0.15, -0.1) is 0 Å². The maximum Gasteiger partial charge on any atom is 0.0900 e. The Morgan fingerprint density at radius 3 is 2.90 bits per heavy atom. The molecule has 2 saturated heterocycles.